The quantitative estimate of drug-likeness (QED) is 0.782. The summed E-state index contributed by atoms with van der Waals surface area (Å²) in [5.41, 5.74) is -0.672. The van der Waals surface area contributed by atoms with Crippen LogP contribution in [0.4, 0.5) is 0 Å². The first kappa shape index (κ1) is 14.3. The van der Waals surface area contributed by atoms with Gasteiger partial charge in [0.05, 0.1) is 0 Å². The minimum atomic E-state index is -0.672. The Morgan fingerprint density at radius 1 is 1.20 bits per heavy atom. The molecule has 0 aromatic carbocycles. The van der Waals surface area contributed by atoms with Crippen molar-refractivity contribution in [1.29, 1.82) is 0 Å². The molecular weight excluding hydrogens is 252 g/mol. The summed E-state index contributed by atoms with van der Waals surface area (Å²) in [5.74, 6) is 0.516. The van der Waals surface area contributed by atoms with Crippen LogP contribution in [0.1, 0.15) is 51.9 Å². The first-order valence-corrected chi connectivity index (χ1v) is 8.33. The van der Waals surface area contributed by atoms with Crippen molar-refractivity contribution in [2.45, 2.75) is 63.5 Å². The lowest BCUT2D eigenvalue weighted by molar-refractivity contribution is -0.147. The van der Waals surface area contributed by atoms with Crippen molar-refractivity contribution in [3.63, 3.8) is 0 Å². The zero-order valence-corrected chi connectivity index (χ0v) is 12.6. The van der Waals surface area contributed by atoms with Crippen molar-refractivity contribution in [1.82, 2.24) is 10.2 Å². The van der Waals surface area contributed by atoms with E-state index in [1.54, 1.807) is 0 Å². The Hall–Kier alpha value is -0.610. The Balaban J connectivity index is 1.69. The molecule has 2 aliphatic carbocycles. The third-order valence-electron chi connectivity index (χ3n) is 5.28. The number of nitrogens with one attached hydrogen (secondary N) is 1. The fourth-order valence-corrected chi connectivity index (χ4v) is 3.60. The molecule has 0 spiro atoms. The Morgan fingerprint density at radius 2 is 1.95 bits per heavy atom. The zero-order chi connectivity index (χ0) is 14.2. The monoisotopic (exact) mass is 280 g/mol. The van der Waals surface area contributed by atoms with Crippen LogP contribution in [0.15, 0.2) is 0 Å². The van der Waals surface area contributed by atoms with Gasteiger partial charge in [-0.15, -0.1) is 0 Å². The molecule has 0 bridgehead atoms. The van der Waals surface area contributed by atoms with Crippen LogP contribution in [0.2, 0.25) is 0 Å². The van der Waals surface area contributed by atoms with Crippen molar-refractivity contribution in [3.05, 3.63) is 0 Å². The maximum absolute atomic E-state index is 12.0. The standard InChI is InChI=1S/C16H28N2O2/c1-12-3-2-9-18(10-8-12)11-16(15(19)20,13-4-5-13)17-14-6-7-14/h12-14,17H,2-11H2,1H3,(H,19,20). The molecule has 20 heavy (non-hydrogen) atoms. The van der Waals surface area contributed by atoms with Gasteiger partial charge in [-0.05, 0) is 69.9 Å². The summed E-state index contributed by atoms with van der Waals surface area (Å²) >= 11 is 0. The summed E-state index contributed by atoms with van der Waals surface area (Å²) in [4.78, 5) is 14.4. The first-order valence-electron chi connectivity index (χ1n) is 8.33. The van der Waals surface area contributed by atoms with E-state index >= 15 is 0 Å². The molecule has 3 rings (SSSR count). The molecule has 0 amide bonds. The number of carbonyl (C=O) groups is 1. The summed E-state index contributed by atoms with van der Waals surface area (Å²) in [6.45, 7) is 5.15. The molecule has 4 nitrogen and oxygen atoms in total. The largest absolute Gasteiger partial charge is 0.480 e. The fraction of sp³-hybridized carbons (Fsp3) is 0.938. The van der Waals surface area contributed by atoms with Crippen molar-refractivity contribution < 1.29 is 9.90 Å². The van der Waals surface area contributed by atoms with Crippen molar-refractivity contribution in [2.75, 3.05) is 19.6 Å². The van der Waals surface area contributed by atoms with Gasteiger partial charge in [0.2, 0.25) is 0 Å². The van der Waals surface area contributed by atoms with Crippen LogP contribution in [0.5, 0.6) is 0 Å². The second kappa shape index (κ2) is 5.64. The Kier molecular flexibility index (Phi) is 4.04. The number of hydrogen-bond acceptors (Lipinski definition) is 3. The number of rotatable bonds is 6. The van der Waals surface area contributed by atoms with Gasteiger partial charge >= 0.3 is 5.97 Å². The highest BCUT2D eigenvalue weighted by Gasteiger charge is 2.53. The summed E-state index contributed by atoms with van der Waals surface area (Å²) in [7, 11) is 0. The average Bonchev–Trinajstić information content (AvgIpc) is 3.26. The molecule has 1 aliphatic heterocycles. The number of hydrogen-bond donors (Lipinski definition) is 2. The van der Waals surface area contributed by atoms with Gasteiger partial charge in [0.15, 0.2) is 0 Å². The second-order valence-corrected chi connectivity index (χ2v) is 7.28. The van der Waals surface area contributed by atoms with Crippen molar-refractivity contribution in [2.24, 2.45) is 11.8 Å². The van der Waals surface area contributed by atoms with E-state index in [0.29, 0.717) is 18.5 Å². The van der Waals surface area contributed by atoms with Crippen LogP contribution in [-0.2, 0) is 4.79 Å². The summed E-state index contributed by atoms with van der Waals surface area (Å²) in [6, 6.07) is 0.456. The second-order valence-electron chi connectivity index (χ2n) is 7.28. The molecule has 3 aliphatic rings. The molecule has 2 saturated carbocycles. The molecule has 2 N–H and O–H groups in total. The molecule has 0 radical (unpaired) electrons. The van der Waals surface area contributed by atoms with Crippen LogP contribution >= 0.6 is 0 Å². The van der Waals surface area contributed by atoms with Crippen molar-refractivity contribution in [3.8, 4) is 0 Å². The van der Waals surface area contributed by atoms with Crippen LogP contribution in [0.3, 0.4) is 0 Å². The minimum Gasteiger partial charge on any atom is -0.480 e. The first-order chi connectivity index (χ1) is 9.60. The van der Waals surface area contributed by atoms with E-state index in [-0.39, 0.29) is 0 Å². The average molecular weight is 280 g/mol. The van der Waals surface area contributed by atoms with E-state index in [1.807, 2.05) is 0 Å². The van der Waals surface area contributed by atoms with E-state index < -0.39 is 11.5 Å². The number of likely N-dealkylation sites (tertiary alicyclic amines) is 1. The van der Waals surface area contributed by atoms with E-state index in [4.69, 9.17) is 0 Å². The van der Waals surface area contributed by atoms with Gasteiger partial charge in [0.25, 0.3) is 0 Å². The molecule has 3 fully saturated rings. The minimum absolute atomic E-state index is 0.348. The van der Waals surface area contributed by atoms with E-state index in [2.05, 4.69) is 17.1 Å². The Labute approximate surface area is 121 Å². The molecule has 2 atom stereocenters. The van der Waals surface area contributed by atoms with Crippen LogP contribution in [0.25, 0.3) is 0 Å². The Bertz CT molecular complexity index is 365. The molecule has 4 heteroatoms. The highest BCUT2D eigenvalue weighted by atomic mass is 16.4. The summed E-state index contributed by atoms with van der Waals surface area (Å²) in [5, 5.41) is 13.4. The van der Waals surface area contributed by atoms with Crippen LogP contribution < -0.4 is 5.32 Å². The summed E-state index contributed by atoms with van der Waals surface area (Å²) in [6.07, 6.45) is 8.18. The van der Waals surface area contributed by atoms with Crippen molar-refractivity contribution >= 4 is 5.97 Å². The number of carboxylic acid groups (broad SMARTS) is 1. The molecule has 2 unspecified atom stereocenters. The van der Waals surface area contributed by atoms with Gasteiger partial charge in [-0.3, -0.25) is 10.1 Å². The van der Waals surface area contributed by atoms with Gasteiger partial charge in [0.1, 0.15) is 5.54 Å². The molecule has 1 heterocycles. The molecule has 1 saturated heterocycles. The molecule has 0 aromatic rings. The topological polar surface area (TPSA) is 52.6 Å². The normalized spacial score (nSPS) is 31.6. The SMILES string of the molecule is CC1CCCN(CC(NC2CC2)(C(=O)O)C2CC2)CC1. The number of carboxylic acids is 1. The predicted octanol–water partition coefficient (Wildman–Crippen LogP) is 2.09. The van der Waals surface area contributed by atoms with E-state index in [1.165, 1.54) is 19.3 Å². The van der Waals surface area contributed by atoms with E-state index in [0.717, 1.165) is 44.7 Å². The lowest BCUT2D eigenvalue weighted by Gasteiger charge is -2.36. The maximum atomic E-state index is 12.0. The summed E-state index contributed by atoms with van der Waals surface area (Å²) < 4.78 is 0. The predicted molar refractivity (Wildman–Crippen MR) is 78.7 cm³/mol. The number of nitrogens with zero attached hydrogens (tertiary/aromatic N) is 1. The van der Waals surface area contributed by atoms with Gasteiger partial charge < -0.3 is 10.0 Å². The lowest BCUT2D eigenvalue weighted by Crippen LogP contribution is -2.61. The highest BCUT2D eigenvalue weighted by Crippen LogP contribution is 2.42. The third-order valence-corrected chi connectivity index (χ3v) is 5.28. The fourth-order valence-electron chi connectivity index (χ4n) is 3.60. The molecule has 114 valence electrons. The van der Waals surface area contributed by atoms with Gasteiger partial charge in [0, 0.05) is 12.6 Å². The molecular formula is C16H28N2O2. The van der Waals surface area contributed by atoms with Crippen LogP contribution in [0, 0.1) is 11.8 Å². The highest BCUT2D eigenvalue weighted by molar-refractivity contribution is 5.80. The zero-order valence-electron chi connectivity index (χ0n) is 12.6. The van der Waals surface area contributed by atoms with E-state index in [9.17, 15) is 9.90 Å². The number of aliphatic carboxylic acids is 1. The van der Waals surface area contributed by atoms with Gasteiger partial charge in [-0.1, -0.05) is 6.92 Å². The van der Waals surface area contributed by atoms with Crippen LogP contribution in [-0.4, -0.2) is 47.2 Å². The lowest BCUT2D eigenvalue weighted by atomic mass is 9.91. The van der Waals surface area contributed by atoms with Gasteiger partial charge in [-0.25, -0.2) is 0 Å². The molecule has 0 aromatic heterocycles. The maximum Gasteiger partial charge on any atom is 0.325 e. The Morgan fingerprint density at radius 3 is 2.55 bits per heavy atom. The third kappa shape index (κ3) is 3.17. The van der Waals surface area contributed by atoms with Gasteiger partial charge in [-0.2, -0.15) is 0 Å². The smallest absolute Gasteiger partial charge is 0.325 e.